The molecule has 0 aromatic carbocycles. The number of aldehydes is 1. The summed E-state index contributed by atoms with van der Waals surface area (Å²) in [4.78, 5) is 51.5. The van der Waals surface area contributed by atoms with Crippen molar-refractivity contribution in [1.29, 1.82) is 0 Å². The molecule has 2 fully saturated rings. The van der Waals surface area contributed by atoms with Crippen molar-refractivity contribution < 1.29 is 38.1 Å². The first kappa shape index (κ1) is 26.3. The van der Waals surface area contributed by atoms with Crippen LogP contribution in [0.2, 0.25) is 0 Å². The molecule has 0 bridgehead atoms. The molecular formula is C23H37NO8. The van der Waals surface area contributed by atoms with Gasteiger partial charge < -0.3 is 23.7 Å². The van der Waals surface area contributed by atoms with E-state index in [2.05, 4.69) is 0 Å². The lowest BCUT2D eigenvalue weighted by Gasteiger charge is -2.35. The molecule has 2 rings (SSSR count). The minimum absolute atomic E-state index is 0.0316. The van der Waals surface area contributed by atoms with Crippen LogP contribution in [0.25, 0.3) is 0 Å². The van der Waals surface area contributed by atoms with Gasteiger partial charge in [0.25, 0.3) is 0 Å². The Hall–Kier alpha value is -2.00. The number of methoxy groups -OCH3 is 1. The summed E-state index contributed by atoms with van der Waals surface area (Å²) in [6, 6.07) is -1.11. The highest BCUT2D eigenvalue weighted by molar-refractivity contribution is 5.97. The van der Waals surface area contributed by atoms with Crippen LogP contribution < -0.4 is 0 Å². The summed E-state index contributed by atoms with van der Waals surface area (Å²) in [5.74, 6) is -2.93. The predicted molar refractivity (Wildman–Crippen MR) is 114 cm³/mol. The van der Waals surface area contributed by atoms with E-state index in [1.165, 1.54) is 7.11 Å². The minimum atomic E-state index is -1.11. The van der Waals surface area contributed by atoms with Gasteiger partial charge in [0.2, 0.25) is 5.91 Å². The lowest BCUT2D eigenvalue weighted by molar-refractivity contribution is -0.188. The first-order chi connectivity index (χ1) is 15.0. The quantitative estimate of drug-likeness (QED) is 0.406. The van der Waals surface area contributed by atoms with E-state index in [1.54, 1.807) is 27.7 Å². The van der Waals surface area contributed by atoms with Crippen LogP contribution in [0, 0.1) is 17.8 Å². The van der Waals surface area contributed by atoms with Crippen LogP contribution in [-0.2, 0) is 33.3 Å². The van der Waals surface area contributed by atoms with Crippen LogP contribution in [0.1, 0.15) is 66.7 Å². The lowest BCUT2D eigenvalue weighted by Crippen LogP contribution is -2.54. The van der Waals surface area contributed by atoms with Crippen LogP contribution in [0.3, 0.4) is 0 Å². The van der Waals surface area contributed by atoms with Crippen molar-refractivity contribution in [2.45, 2.75) is 84.2 Å². The van der Waals surface area contributed by atoms with Crippen molar-refractivity contribution >= 4 is 24.3 Å². The van der Waals surface area contributed by atoms with Gasteiger partial charge in [0.15, 0.2) is 5.79 Å². The van der Waals surface area contributed by atoms with Gasteiger partial charge in [-0.15, -0.1) is 0 Å². The van der Waals surface area contributed by atoms with Crippen LogP contribution >= 0.6 is 0 Å². The molecule has 182 valence electrons. The van der Waals surface area contributed by atoms with E-state index in [9.17, 15) is 19.2 Å². The number of hydrogen-bond donors (Lipinski definition) is 0. The summed E-state index contributed by atoms with van der Waals surface area (Å²) in [5.41, 5.74) is -0.852. The van der Waals surface area contributed by atoms with Crippen molar-refractivity contribution in [1.82, 2.24) is 4.90 Å². The highest BCUT2D eigenvalue weighted by Gasteiger charge is 2.53. The Labute approximate surface area is 190 Å². The number of amides is 2. The number of esters is 1. The molecule has 1 saturated carbocycles. The Balaban J connectivity index is 2.33. The Morgan fingerprint density at radius 1 is 1.22 bits per heavy atom. The summed E-state index contributed by atoms with van der Waals surface area (Å²) in [7, 11) is 1.23. The number of nitrogens with zero attached hydrogens (tertiary/aromatic N) is 1. The molecule has 9 nitrogen and oxygen atoms in total. The van der Waals surface area contributed by atoms with Gasteiger partial charge in [0.1, 0.15) is 17.9 Å². The monoisotopic (exact) mass is 455 g/mol. The summed E-state index contributed by atoms with van der Waals surface area (Å²) in [5, 5.41) is 0. The maximum atomic E-state index is 13.5. The zero-order chi connectivity index (χ0) is 24.1. The van der Waals surface area contributed by atoms with E-state index in [0.29, 0.717) is 32.5 Å². The molecule has 1 heterocycles. The third kappa shape index (κ3) is 5.86. The standard InChI is InChI=1S/C23H37NO8/c1-7-15(2)19(20(27)29-6)24(21(28)32-22(3,4)5)18(26)14-16-8-10-23(17(16)9-11-25)30-12-13-31-23/h11,15-17,19H,7-10,12-14H2,1-6H3/t15-,16+,17+,19-/m0/s1. The summed E-state index contributed by atoms with van der Waals surface area (Å²) in [6.45, 7) is 9.62. The van der Waals surface area contributed by atoms with E-state index < -0.39 is 35.4 Å². The van der Waals surface area contributed by atoms with Gasteiger partial charge >= 0.3 is 12.1 Å². The van der Waals surface area contributed by atoms with Gasteiger partial charge in [-0.25, -0.2) is 14.5 Å². The van der Waals surface area contributed by atoms with Gasteiger partial charge in [-0.2, -0.15) is 0 Å². The van der Waals surface area contributed by atoms with Crippen LogP contribution in [0.5, 0.6) is 0 Å². The SMILES string of the molecule is CC[C@H](C)[C@@H](C(=O)OC)N(C(=O)C[C@H]1CCC2(OCCO2)[C@@H]1CC=O)C(=O)OC(C)(C)C. The fourth-order valence-electron chi connectivity index (χ4n) is 4.62. The third-order valence-corrected chi connectivity index (χ3v) is 6.32. The first-order valence-corrected chi connectivity index (χ1v) is 11.3. The van der Waals surface area contributed by atoms with Crippen molar-refractivity contribution in [3.63, 3.8) is 0 Å². The number of ether oxygens (including phenoxy) is 4. The third-order valence-electron chi connectivity index (χ3n) is 6.32. The van der Waals surface area contributed by atoms with Crippen LogP contribution in [0.4, 0.5) is 4.79 Å². The van der Waals surface area contributed by atoms with Gasteiger partial charge in [-0.3, -0.25) is 4.79 Å². The minimum Gasteiger partial charge on any atom is -0.467 e. The molecule has 0 radical (unpaired) electrons. The van der Waals surface area contributed by atoms with Crippen molar-refractivity contribution in [3.05, 3.63) is 0 Å². The molecule has 2 amide bonds. The largest absolute Gasteiger partial charge is 0.467 e. The average molecular weight is 456 g/mol. The van der Waals surface area contributed by atoms with E-state index in [0.717, 1.165) is 11.2 Å². The van der Waals surface area contributed by atoms with E-state index in [4.69, 9.17) is 18.9 Å². The van der Waals surface area contributed by atoms with E-state index >= 15 is 0 Å². The fraction of sp³-hybridized carbons (Fsp3) is 0.826. The average Bonchev–Trinajstić information content (AvgIpc) is 3.32. The van der Waals surface area contributed by atoms with Crippen LogP contribution in [0.15, 0.2) is 0 Å². The second kappa shape index (κ2) is 10.7. The molecule has 0 N–H and O–H groups in total. The molecule has 4 atom stereocenters. The van der Waals surface area contributed by atoms with Gasteiger partial charge in [0, 0.05) is 25.2 Å². The Morgan fingerprint density at radius 3 is 2.34 bits per heavy atom. The van der Waals surface area contributed by atoms with E-state index in [1.807, 2.05) is 6.92 Å². The maximum absolute atomic E-state index is 13.5. The summed E-state index contributed by atoms with van der Waals surface area (Å²) >= 11 is 0. The molecule has 0 unspecified atom stereocenters. The van der Waals surface area contributed by atoms with Gasteiger partial charge in [-0.05, 0) is 39.0 Å². The number of rotatable bonds is 8. The zero-order valence-corrected chi connectivity index (χ0v) is 20.0. The molecule has 1 aliphatic heterocycles. The smallest absolute Gasteiger partial charge is 0.417 e. The molecule has 0 aromatic heterocycles. The van der Waals surface area contributed by atoms with Crippen LogP contribution in [-0.4, -0.2) is 66.9 Å². The molecule has 32 heavy (non-hydrogen) atoms. The number of carbonyl (C=O) groups is 4. The predicted octanol–water partition coefficient (Wildman–Crippen LogP) is 3.09. The summed E-state index contributed by atoms with van der Waals surface area (Å²) < 4.78 is 22.1. The second-order valence-corrected chi connectivity index (χ2v) is 9.62. The second-order valence-electron chi connectivity index (χ2n) is 9.62. The molecule has 1 aliphatic carbocycles. The molecule has 1 spiro atoms. The number of carbonyl (C=O) groups excluding carboxylic acids is 4. The molecular weight excluding hydrogens is 418 g/mol. The number of imide groups is 1. The molecule has 9 heteroatoms. The zero-order valence-electron chi connectivity index (χ0n) is 20.0. The maximum Gasteiger partial charge on any atom is 0.417 e. The Bertz CT molecular complexity index is 695. The first-order valence-electron chi connectivity index (χ1n) is 11.3. The van der Waals surface area contributed by atoms with Crippen molar-refractivity contribution in [2.75, 3.05) is 20.3 Å². The normalized spacial score (nSPS) is 24.1. The topological polar surface area (TPSA) is 108 Å². The Kier molecular flexibility index (Phi) is 8.82. The Morgan fingerprint density at radius 2 is 1.84 bits per heavy atom. The molecule has 2 aliphatic rings. The molecule has 0 aromatic rings. The van der Waals surface area contributed by atoms with E-state index in [-0.39, 0.29) is 30.6 Å². The summed E-state index contributed by atoms with van der Waals surface area (Å²) in [6.07, 6.45) is 1.81. The number of hydrogen-bond acceptors (Lipinski definition) is 8. The molecule has 1 saturated heterocycles. The van der Waals surface area contributed by atoms with Crippen molar-refractivity contribution in [2.24, 2.45) is 17.8 Å². The highest BCUT2D eigenvalue weighted by Crippen LogP contribution is 2.48. The van der Waals surface area contributed by atoms with Gasteiger partial charge in [-0.1, -0.05) is 20.3 Å². The lowest BCUT2D eigenvalue weighted by atomic mass is 9.87. The van der Waals surface area contributed by atoms with Gasteiger partial charge in [0.05, 0.1) is 20.3 Å². The highest BCUT2D eigenvalue weighted by atomic mass is 16.7. The van der Waals surface area contributed by atoms with Crippen molar-refractivity contribution in [3.8, 4) is 0 Å². The fourth-order valence-corrected chi connectivity index (χ4v) is 4.62.